The van der Waals surface area contributed by atoms with E-state index in [0.29, 0.717) is 6.42 Å². The van der Waals surface area contributed by atoms with Crippen LogP contribution in [-0.4, -0.2) is 41.4 Å². The quantitative estimate of drug-likeness (QED) is 0.221. The largest absolute Gasteiger partial charge is 0.447 e. The lowest BCUT2D eigenvalue weighted by molar-refractivity contribution is -0.156. The first-order valence-corrected chi connectivity index (χ1v) is 12.2. The Morgan fingerprint density at radius 1 is 0.857 bits per heavy atom. The summed E-state index contributed by atoms with van der Waals surface area (Å²) in [6.07, 6.45) is 19.3. The van der Waals surface area contributed by atoms with E-state index in [9.17, 15) is 9.90 Å². The average molecular weight is 398 g/mol. The molecule has 1 aliphatic heterocycles. The molecule has 1 N–H and O–H groups in total. The Balaban J connectivity index is 1.83. The van der Waals surface area contributed by atoms with Gasteiger partial charge < -0.3 is 9.84 Å². The van der Waals surface area contributed by atoms with Crippen molar-refractivity contribution < 1.29 is 14.6 Å². The summed E-state index contributed by atoms with van der Waals surface area (Å²) in [5, 5.41) is 10.0. The Hall–Kier alpha value is -0.610. The van der Waals surface area contributed by atoms with Gasteiger partial charge in [-0.2, -0.15) is 0 Å². The summed E-state index contributed by atoms with van der Waals surface area (Å²) in [6, 6.07) is 0. The summed E-state index contributed by atoms with van der Waals surface area (Å²) in [5.74, 6) is -0.0442. The number of hydrogen-bond acceptors (Lipinski definition) is 4. The molecular formula is C24H47NO3. The van der Waals surface area contributed by atoms with Crippen molar-refractivity contribution in [2.45, 2.75) is 135 Å². The van der Waals surface area contributed by atoms with Crippen LogP contribution in [0.2, 0.25) is 0 Å². The minimum atomic E-state index is -0.0986. The number of carbonyl (C=O) groups excluding carboxylic acids is 1. The number of esters is 1. The van der Waals surface area contributed by atoms with Crippen LogP contribution in [0.4, 0.5) is 0 Å². The molecule has 28 heavy (non-hydrogen) atoms. The minimum Gasteiger partial charge on any atom is -0.447 e. The second kappa shape index (κ2) is 17.3. The topological polar surface area (TPSA) is 49.8 Å². The van der Waals surface area contributed by atoms with Crippen molar-refractivity contribution in [1.82, 2.24) is 4.90 Å². The van der Waals surface area contributed by atoms with Crippen LogP contribution in [0.5, 0.6) is 0 Å². The molecule has 4 nitrogen and oxygen atoms in total. The van der Waals surface area contributed by atoms with E-state index in [1.807, 2.05) is 6.92 Å². The van der Waals surface area contributed by atoms with Crippen LogP contribution >= 0.6 is 0 Å². The molecule has 166 valence electrons. The molecule has 4 heteroatoms. The fourth-order valence-electron chi connectivity index (χ4n) is 4.09. The van der Waals surface area contributed by atoms with E-state index in [4.69, 9.17) is 4.74 Å². The van der Waals surface area contributed by atoms with Gasteiger partial charge in [-0.15, -0.1) is 0 Å². The molecule has 2 unspecified atom stereocenters. The van der Waals surface area contributed by atoms with Crippen LogP contribution in [0.15, 0.2) is 0 Å². The first-order chi connectivity index (χ1) is 13.6. The minimum absolute atomic E-state index is 0.0442. The van der Waals surface area contributed by atoms with Gasteiger partial charge in [-0.25, -0.2) is 0 Å². The van der Waals surface area contributed by atoms with Gasteiger partial charge in [0.2, 0.25) is 0 Å². The predicted molar refractivity (Wildman–Crippen MR) is 117 cm³/mol. The highest BCUT2D eigenvalue weighted by Crippen LogP contribution is 2.16. The fraction of sp³-hybridized carbons (Fsp3) is 0.958. The zero-order valence-corrected chi connectivity index (χ0v) is 18.8. The van der Waals surface area contributed by atoms with E-state index in [1.54, 1.807) is 0 Å². The smallest absolute Gasteiger partial charge is 0.307 e. The lowest BCUT2D eigenvalue weighted by Gasteiger charge is -2.23. The number of aliphatic hydroxyl groups is 1. The molecule has 1 fully saturated rings. The highest BCUT2D eigenvalue weighted by molar-refractivity contribution is 5.69. The molecule has 0 spiro atoms. The number of ether oxygens (including phenoxy) is 1. The zero-order valence-electron chi connectivity index (χ0n) is 18.8. The molecule has 0 radical (unpaired) electrons. The third-order valence-electron chi connectivity index (χ3n) is 6.02. The Labute approximate surface area is 174 Å². The molecule has 0 aromatic heterocycles. The second-order valence-electron chi connectivity index (χ2n) is 8.70. The Morgan fingerprint density at radius 3 is 1.93 bits per heavy atom. The molecule has 0 aromatic carbocycles. The normalized spacial score (nSPS) is 17.0. The first-order valence-electron chi connectivity index (χ1n) is 12.2. The van der Waals surface area contributed by atoms with Crippen LogP contribution < -0.4 is 0 Å². The van der Waals surface area contributed by atoms with Crippen LogP contribution in [-0.2, 0) is 9.53 Å². The van der Waals surface area contributed by atoms with Crippen molar-refractivity contribution >= 4 is 5.97 Å². The fourth-order valence-corrected chi connectivity index (χ4v) is 4.09. The second-order valence-corrected chi connectivity index (χ2v) is 8.70. The average Bonchev–Trinajstić information content (AvgIpc) is 3.21. The zero-order chi connectivity index (χ0) is 20.5. The van der Waals surface area contributed by atoms with Gasteiger partial charge in [0.15, 0.2) is 6.23 Å². The molecule has 2 atom stereocenters. The van der Waals surface area contributed by atoms with Gasteiger partial charge >= 0.3 is 5.97 Å². The summed E-state index contributed by atoms with van der Waals surface area (Å²) < 4.78 is 5.52. The van der Waals surface area contributed by atoms with Gasteiger partial charge in [0.05, 0.1) is 6.10 Å². The van der Waals surface area contributed by atoms with E-state index in [0.717, 1.165) is 45.2 Å². The van der Waals surface area contributed by atoms with E-state index >= 15 is 0 Å². The summed E-state index contributed by atoms with van der Waals surface area (Å²) in [6.45, 7) is 6.35. The van der Waals surface area contributed by atoms with Crippen molar-refractivity contribution in [2.24, 2.45) is 0 Å². The van der Waals surface area contributed by atoms with Crippen molar-refractivity contribution in [2.75, 3.05) is 13.1 Å². The number of carbonyl (C=O) groups is 1. The van der Waals surface area contributed by atoms with E-state index in [-0.39, 0.29) is 18.3 Å². The maximum atomic E-state index is 11.9. The number of unbranched alkanes of at least 4 members (excludes halogenated alkanes) is 10. The maximum Gasteiger partial charge on any atom is 0.307 e. The molecule has 0 amide bonds. The summed E-state index contributed by atoms with van der Waals surface area (Å²) in [5.41, 5.74) is 0. The van der Waals surface area contributed by atoms with Crippen LogP contribution in [0.3, 0.4) is 0 Å². The standard InChI is InChI=1S/C24H47NO3/c1-3-4-5-6-9-12-17-23(26)18-13-10-7-8-11-14-19-24(27)28-22(2)25-20-15-16-21-25/h22-23,26H,3-21H2,1-2H3. The number of nitrogens with zero attached hydrogens (tertiary/aromatic N) is 1. The van der Waals surface area contributed by atoms with Gasteiger partial charge in [-0.3, -0.25) is 9.69 Å². The highest BCUT2D eigenvalue weighted by atomic mass is 16.6. The van der Waals surface area contributed by atoms with Crippen LogP contribution in [0.1, 0.15) is 123 Å². The lowest BCUT2D eigenvalue weighted by atomic mass is 10.0. The summed E-state index contributed by atoms with van der Waals surface area (Å²) >= 11 is 0. The van der Waals surface area contributed by atoms with Crippen molar-refractivity contribution in [3.63, 3.8) is 0 Å². The van der Waals surface area contributed by atoms with Gasteiger partial charge in [0, 0.05) is 19.5 Å². The third-order valence-corrected chi connectivity index (χ3v) is 6.02. The predicted octanol–water partition coefficient (Wildman–Crippen LogP) is 6.20. The van der Waals surface area contributed by atoms with Crippen LogP contribution in [0.25, 0.3) is 0 Å². The molecule has 0 saturated carbocycles. The number of aliphatic hydroxyl groups excluding tert-OH is 1. The van der Waals surface area contributed by atoms with Crippen LogP contribution in [0, 0.1) is 0 Å². The van der Waals surface area contributed by atoms with Crippen molar-refractivity contribution in [3.8, 4) is 0 Å². The summed E-state index contributed by atoms with van der Waals surface area (Å²) in [4.78, 5) is 14.2. The van der Waals surface area contributed by atoms with E-state index in [2.05, 4.69) is 11.8 Å². The van der Waals surface area contributed by atoms with Crippen molar-refractivity contribution in [1.29, 1.82) is 0 Å². The third kappa shape index (κ3) is 13.5. The van der Waals surface area contributed by atoms with E-state index in [1.165, 1.54) is 70.6 Å². The number of rotatable bonds is 18. The molecule has 1 rings (SSSR count). The SMILES string of the molecule is CCCCCCCCC(O)CCCCCCCCC(=O)OC(C)N1CCCC1. The molecule has 0 aromatic rings. The van der Waals surface area contributed by atoms with Crippen molar-refractivity contribution in [3.05, 3.63) is 0 Å². The monoisotopic (exact) mass is 397 g/mol. The van der Waals surface area contributed by atoms with Gasteiger partial charge in [-0.1, -0.05) is 77.6 Å². The van der Waals surface area contributed by atoms with Gasteiger partial charge in [0.25, 0.3) is 0 Å². The Kier molecular flexibility index (Phi) is 15.7. The highest BCUT2D eigenvalue weighted by Gasteiger charge is 2.20. The first kappa shape index (κ1) is 25.4. The molecular weight excluding hydrogens is 350 g/mol. The van der Waals surface area contributed by atoms with Gasteiger partial charge in [0.1, 0.15) is 0 Å². The maximum absolute atomic E-state index is 11.9. The molecule has 1 saturated heterocycles. The molecule has 1 aliphatic rings. The number of hydrogen-bond donors (Lipinski definition) is 1. The Bertz CT molecular complexity index is 369. The number of likely N-dealkylation sites (tertiary alicyclic amines) is 1. The molecule has 0 aliphatic carbocycles. The lowest BCUT2D eigenvalue weighted by Crippen LogP contribution is -2.34. The van der Waals surface area contributed by atoms with Gasteiger partial charge in [-0.05, 0) is 39.0 Å². The summed E-state index contributed by atoms with van der Waals surface area (Å²) in [7, 11) is 0. The molecule has 0 bridgehead atoms. The Morgan fingerprint density at radius 2 is 1.36 bits per heavy atom. The molecule has 1 heterocycles. The van der Waals surface area contributed by atoms with E-state index < -0.39 is 0 Å².